The van der Waals surface area contributed by atoms with Crippen LogP contribution in [0.15, 0.2) is 55.0 Å². The molecule has 0 saturated heterocycles. The van der Waals surface area contributed by atoms with Gasteiger partial charge in [0.15, 0.2) is 5.65 Å². The van der Waals surface area contributed by atoms with E-state index in [9.17, 15) is 14.0 Å². The highest BCUT2D eigenvalue weighted by Gasteiger charge is 2.35. The Bertz CT molecular complexity index is 1550. The molecule has 1 aliphatic carbocycles. The van der Waals surface area contributed by atoms with E-state index in [0.29, 0.717) is 45.9 Å². The number of hydrogen-bond donors (Lipinski definition) is 3. The number of pyridine rings is 1. The molecule has 2 aliphatic rings. The second kappa shape index (κ2) is 9.24. The van der Waals surface area contributed by atoms with Crippen LogP contribution in [0.4, 0.5) is 10.1 Å². The fourth-order valence-electron chi connectivity index (χ4n) is 5.28. The first-order valence-corrected chi connectivity index (χ1v) is 12.5. The fraction of sp³-hybridized carbons (Fsp3) is 0.259. The molecule has 3 heterocycles. The number of nitrogens with one attached hydrogen (secondary N) is 2. The highest BCUT2D eigenvalue weighted by molar-refractivity contribution is 6.31. The van der Waals surface area contributed by atoms with Crippen molar-refractivity contribution in [1.29, 1.82) is 0 Å². The number of aromatic nitrogens is 3. The number of amides is 2. The summed E-state index contributed by atoms with van der Waals surface area (Å²) in [5.74, 6) is -1.10. The van der Waals surface area contributed by atoms with Crippen LogP contribution in [0.25, 0.3) is 16.8 Å². The van der Waals surface area contributed by atoms with Gasteiger partial charge < -0.3 is 16.4 Å². The third-order valence-corrected chi connectivity index (χ3v) is 7.61. The Labute approximate surface area is 217 Å². The Morgan fingerprint density at radius 1 is 1.11 bits per heavy atom. The summed E-state index contributed by atoms with van der Waals surface area (Å²) in [6.45, 7) is 0. The first kappa shape index (κ1) is 23.6. The van der Waals surface area contributed by atoms with E-state index in [1.165, 1.54) is 24.5 Å². The lowest BCUT2D eigenvalue weighted by molar-refractivity contribution is -0.120. The van der Waals surface area contributed by atoms with E-state index in [1.54, 1.807) is 10.6 Å². The molecule has 37 heavy (non-hydrogen) atoms. The van der Waals surface area contributed by atoms with E-state index in [2.05, 4.69) is 20.7 Å². The molecule has 4 N–H and O–H groups in total. The van der Waals surface area contributed by atoms with Crippen LogP contribution in [0.5, 0.6) is 0 Å². The molecule has 2 amide bonds. The molecule has 1 unspecified atom stereocenters. The van der Waals surface area contributed by atoms with Crippen molar-refractivity contribution in [2.75, 3.05) is 5.32 Å². The van der Waals surface area contributed by atoms with Gasteiger partial charge in [0.05, 0.1) is 6.04 Å². The maximum atomic E-state index is 14.2. The molecule has 6 rings (SSSR count). The van der Waals surface area contributed by atoms with Crippen molar-refractivity contribution in [3.05, 3.63) is 82.5 Å². The van der Waals surface area contributed by atoms with Gasteiger partial charge in [0.2, 0.25) is 5.91 Å². The molecule has 8 nitrogen and oxygen atoms in total. The minimum absolute atomic E-state index is 0.115. The van der Waals surface area contributed by atoms with E-state index in [-0.39, 0.29) is 23.8 Å². The van der Waals surface area contributed by atoms with Crippen LogP contribution in [-0.2, 0) is 4.79 Å². The topological polar surface area (TPSA) is 114 Å². The first-order chi connectivity index (χ1) is 17.9. The van der Waals surface area contributed by atoms with Gasteiger partial charge in [-0.3, -0.25) is 9.59 Å². The minimum Gasteiger partial charge on any atom is -0.341 e. The molecule has 1 saturated carbocycles. The molecule has 2 aromatic carbocycles. The summed E-state index contributed by atoms with van der Waals surface area (Å²) in [5.41, 5.74) is 10.1. The summed E-state index contributed by atoms with van der Waals surface area (Å²) >= 11 is 6.42. The van der Waals surface area contributed by atoms with Crippen LogP contribution in [0, 0.1) is 11.7 Å². The summed E-state index contributed by atoms with van der Waals surface area (Å²) in [7, 11) is 0. The van der Waals surface area contributed by atoms with E-state index in [4.69, 9.17) is 17.3 Å². The van der Waals surface area contributed by atoms with Crippen LogP contribution in [0.2, 0.25) is 5.02 Å². The lowest BCUT2D eigenvalue weighted by Crippen LogP contribution is -2.32. The monoisotopic (exact) mass is 518 g/mol. The summed E-state index contributed by atoms with van der Waals surface area (Å²) in [4.78, 5) is 30.7. The van der Waals surface area contributed by atoms with Gasteiger partial charge >= 0.3 is 0 Å². The average molecular weight is 519 g/mol. The number of nitrogens with two attached hydrogens (primary N) is 1. The van der Waals surface area contributed by atoms with E-state index in [1.807, 2.05) is 24.4 Å². The Hall–Kier alpha value is -3.82. The average Bonchev–Trinajstić information content (AvgIpc) is 3.50. The second-order valence-corrected chi connectivity index (χ2v) is 10.0. The molecule has 188 valence electrons. The van der Waals surface area contributed by atoms with Gasteiger partial charge in [0.25, 0.3) is 5.91 Å². The fourth-order valence-corrected chi connectivity index (χ4v) is 5.50. The van der Waals surface area contributed by atoms with Crippen molar-refractivity contribution in [2.24, 2.45) is 11.7 Å². The van der Waals surface area contributed by atoms with Crippen molar-refractivity contribution < 1.29 is 14.0 Å². The zero-order valence-corrected chi connectivity index (χ0v) is 20.5. The third-order valence-electron chi connectivity index (χ3n) is 7.27. The van der Waals surface area contributed by atoms with Crippen molar-refractivity contribution >= 4 is 34.7 Å². The Morgan fingerprint density at radius 2 is 1.92 bits per heavy atom. The van der Waals surface area contributed by atoms with Gasteiger partial charge in [-0.05, 0) is 73.7 Å². The Balaban J connectivity index is 1.47. The summed E-state index contributed by atoms with van der Waals surface area (Å²) in [6, 6.07) is 10.8. The number of anilines is 1. The van der Waals surface area contributed by atoms with Gasteiger partial charge in [-0.2, -0.15) is 5.10 Å². The van der Waals surface area contributed by atoms with Crippen LogP contribution < -0.4 is 16.4 Å². The highest BCUT2D eigenvalue weighted by Crippen LogP contribution is 2.42. The molecular weight excluding hydrogens is 495 g/mol. The zero-order chi connectivity index (χ0) is 25.7. The maximum Gasteiger partial charge on any atom is 0.252 e. The number of nitrogens with zero attached hydrogens (tertiary/aromatic N) is 3. The number of rotatable bonds is 4. The molecule has 1 aliphatic heterocycles. The minimum atomic E-state index is -0.715. The summed E-state index contributed by atoms with van der Waals surface area (Å²) in [5, 5.41) is 10.5. The Morgan fingerprint density at radius 3 is 2.73 bits per heavy atom. The van der Waals surface area contributed by atoms with Gasteiger partial charge in [-0.25, -0.2) is 13.9 Å². The second-order valence-electron chi connectivity index (χ2n) is 9.64. The van der Waals surface area contributed by atoms with E-state index < -0.39 is 11.9 Å². The quantitative estimate of drug-likeness (QED) is 0.368. The molecule has 0 bridgehead atoms. The molecule has 0 radical (unpaired) electrons. The molecule has 4 aromatic rings. The summed E-state index contributed by atoms with van der Waals surface area (Å²) < 4.78 is 15.8. The van der Waals surface area contributed by atoms with Crippen LogP contribution in [0.3, 0.4) is 0 Å². The van der Waals surface area contributed by atoms with Gasteiger partial charge in [0, 0.05) is 51.1 Å². The standard InChI is InChI=1S/C27H24ClFN6O2/c28-21-7-4-17(29)11-19(21)25-24-20(27(37)34-25)9-16(15-3-8-23-31-13-32-35(23)12-15)10-22(24)33-26(36)14-1-5-18(30)6-2-14/h3-4,7-14,18,25H,1-2,5-6,30H2,(H,33,36)(H,34,37). The molecular formula is C27H24ClFN6O2. The van der Waals surface area contributed by atoms with Crippen LogP contribution in [-0.4, -0.2) is 32.5 Å². The van der Waals surface area contributed by atoms with Crippen molar-refractivity contribution in [1.82, 2.24) is 19.9 Å². The van der Waals surface area contributed by atoms with E-state index in [0.717, 1.165) is 24.0 Å². The number of carbonyl (C=O) groups excluding carboxylic acids is 2. The molecule has 0 spiro atoms. The molecule has 2 aromatic heterocycles. The van der Waals surface area contributed by atoms with Crippen LogP contribution in [0.1, 0.15) is 53.2 Å². The predicted octanol–water partition coefficient (Wildman–Crippen LogP) is 4.48. The number of fused-ring (bicyclic) bond motifs is 2. The van der Waals surface area contributed by atoms with Gasteiger partial charge in [-0.1, -0.05) is 11.6 Å². The smallest absolute Gasteiger partial charge is 0.252 e. The number of carbonyl (C=O) groups is 2. The van der Waals surface area contributed by atoms with Gasteiger partial charge in [0.1, 0.15) is 12.1 Å². The Kier molecular flexibility index (Phi) is 5.89. The van der Waals surface area contributed by atoms with E-state index >= 15 is 0 Å². The highest BCUT2D eigenvalue weighted by atomic mass is 35.5. The third kappa shape index (κ3) is 4.34. The first-order valence-electron chi connectivity index (χ1n) is 12.2. The molecule has 1 fully saturated rings. The lowest BCUT2D eigenvalue weighted by Gasteiger charge is -2.26. The maximum absolute atomic E-state index is 14.2. The number of benzene rings is 2. The van der Waals surface area contributed by atoms with Crippen LogP contribution >= 0.6 is 11.6 Å². The predicted molar refractivity (Wildman–Crippen MR) is 138 cm³/mol. The molecule has 1 atom stereocenters. The SMILES string of the molecule is NC1CCC(C(=O)Nc2cc(-c3ccc4ncnn4c3)cc3c2C(c2cc(F)ccc2Cl)NC3=O)CC1. The normalized spacial score (nSPS) is 21.1. The number of hydrogen-bond acceptors (Lipinski definition) is 5. The largest absolute Gasteiger partial charge is 0.341 e. The van der Waals surface area contributed by atoms with Crippen molar-refractivity contribution in [3.8, 4) is 11.1 Å². The van der Waals surface area contributed by atoms with Gasteiger partial charge in [-0.15, -0.1) is 0 Å². The zero-order valence-electron chi connectivity index (χ0n) is 19.7. The summed E-state index contributed by atoms with van der Waals surface area (Å²) in [6.07, 6.45) is 6.25. The van der Waals surface area contributed by atoms with Crippen molar-refractivity contribution in [3.63, 3.8) is 0 Å². The number of halogens is 2. The van der Waals surface area contributed by atoms with Crippen molar-refractivity contribution in [2.45, 2.75) is 37.8 Å². The lowest BCUT2D eigenvalue weighted by atomic mass is 9.85. The molecule has 10 heteroatoms.